The summed E-state index contributed by atoms with van der Waals surface area (Å²) < 4.78 is 20.2. The summed E-state index contributed by atoms with van der Waals surface area (Å²) in [6, 6.07) is 21.2. The molecule has 1 aliphatic rings. The van der Waals surface area contributed by atoms with Crippen molar-refractivity contribution in [2.75, 3.05) is 36.5 Å². The number of aromatic nitrogens is 1. The number of fused-ring (bicyclic) bond motifs is 1. The first-order valence-corrected chi connectivity index (χ1v) is 12.3. The van der Waals surface area contributed by atoms with E-state index in [1.807, 2.05) is 30.3 Å². The molecule has 1 N–H and O–H groups in total. The van der Waals surface area contributed by atoms with Crippen LogP contribution < -0.4 is 14.5 Å². The predicted octanol–water partition coefficient (Wildman–Crippen LogP) is 5.21. The van der Waals surface area contributed by atoms with Gasteiger partial charge in [0.05, 0.1) is 23.2 Å². The second-order valence-corrected chi connectivity index (χ2v) is 9.69. The summed E-state index contributed by atoms with van der Waals surface area (Å²) in [5, 5.41) is 9.90. The molecule has 1 saturated heterocycles. The minimum absolute atomic E-state index is 0.250. The molecule has 4 aromatic rings. The Morgan fingerprint density at radius 1 is 1.11 bits per heavy atom. The van der Waals surface area contributed by atoms with Crippen LogP contribution in [0.15, 0.2) is 66.7 Å². The van der Waals surface area contributed by atoms with Crippen molar-refractivity contribution in [2.24, 2.45) is 5.92 Å². The maximum atomic E-state index is 14.3. The second-order valence-electron chi connectivity index (χ2n) is 8.71. The smallest absolute Gasteiger partial charge is 0.310 e. The average molecular weight is 492 g/mol. The number of halogens is 1. The van der Waals surface area contributed by atoms with Gasteiger partial charge in [-0.2, -0.15) is 0 Å². The van der Waals surface area contributed by atoms with Crippen molar-refractivity contribution in [1.29, 1.82) is 0 Å². The zero-order valence-electron chi connectivity index (χ0n) is 19.4. The Morgan fingerprint density at radius 2 is 1.83 bits per heavy atom. The van der Waals surface area contributed by atoms with Gasteiger partial charge in [0.2, 0.25) is 0 Å². The van der Waals surface area contributed by atoms with E-state index >= 15 is 0 Å². The quantitative estimate of drug-likeness (QED) is 0.347. The van der Waals surface area contributed by atoms with E-state index in [4.69, 9.17) is 14.8 Å². The fraction of sp³-hybridized carbons (Fsp3) is 0.259. The summed E-state index contributed by atoms with van der Waals surface area (Å²) in [5.74, 6) is -0.454. The highest BCUT2D eigenvalue weighted by atomic mass is 32.1. The summed E-state index contributed by atoms with van der Waals surface area (Å²) in [7, 11) is 1.65. The number of methoxy groups -OCH3 is 1. The number of benzene rings is 3. The normalized spacial score (nSPS) is 13.6. The summed E-state index contributed by atoms with van der Waals surface area (Å²) >= 11 is 1.37. The zero-order chi connectivity index (χ0) is 24.4. The van der Waals surface area contributed by atoms with Gasteiger partial charge in [-0.05, 0) is 53.9 Å². The first-order chi connectivity index (χ1) is 17.0. The molecule has 3 aromatic carbocycles. The Kier molecular flexibility index (Phi) is 6.55. The third-order valence-electron chi connectivity index (χ3n) is 6.36. The van der Waals surface area contributed by atoms with Gasteiger partial charge < -0.3 is 19.6 Å². The van der Waals surface area contributed by atoms with Crippen molar-refractivity contribution < 1.29 is 19.0 Å². The molecule has 0 spiro atoms. The molecule has 0 unspecified atom stereocenters. The monoisotopic (exact) mass is 491 g/mol. The average Bonchev–Trinajstić information content (AvgIpc) is 3.27. The Balaban J connectivity index is 1.34. The van der Waals surface area contributed by atoms with E-state index in [2.05, 4.69) is 34.1 Å². The maximum absolute atomic E-state index is 14.3. The van der Waals surface area contributed by atoms with Gasteiger partial charge in [0, 0.05) is 31.9 Å². The molecule has 0 atom stereocenters. The van der Waals surface area contributed by atoms with Crippen LogP contribution in [-0.4, -0.2) is 42.8 Å². The minimum Gasteiger partial charge on any atom is -0.497 e. The highest BCUT2D eigenvalue weighted by molar-refractivity contribution is 7.22. The number of thiazole rings is 1. The van der Waals surface area contributed by atoms with Gasteiger partial charge in [0.25, 0.3) is 0 Å². The number of carboxylic acid groups (broad SMARTS) is 1. The molecule has 5 rings (SSSR count). The number of hydrogen-bond acceptors (Lipinski definition) is 6. The van der Waals surface area contributed by atoms with Crippen LogP contribution in [0.5, 0.6) is 5.75 Å². The predicted molar refractivity (Wildman–Crippen MR) is 137 cm³/mol. The van der Waals surface area contributed by atoms with Crippen LogP contribution in [0, 0.1) is 11.7 Å². The molecule has 0 radical (unpaired) electrons. The number of ether oxygens (including phenoxy) is 1. The van der Waals surface area contributed by atoms with E-state index < -0.39 is 5.97 Å². The lowest BCUT2D eigenvalue weighted by atomic mass is 9.99. The number of rotatable bonds is 9. The van der Waals surface area contributed by atoms with Crippen molar-refractivity contribution in [1.82, 2.24) is 4.98 Å². The van der Waals surface area contributed by atoms with Crippen molar-refractivity contribution in [3.05, 3.63) is 83.7 Å². The number of carboxylic acids is 1. The number of nitrogens with zero attached hydrogens (tertiary/aromatic N) is 3. The SMILES string of the molecule is COc1ccc(CCN(Cc2ccc(N3CC(C(=O)O)C3)cc2)c2nc3cccc(F)c3s2)cc1. The molecular formula is C27H26FN3O3S. The van der Waals surface area contributed by atoms with E-state index in [-0.39, 0.29) is 11.7 Å². The van der Waals surface area contributed by atoms with E-state index in [0.29, 0.717) is 29.9 Å². The summed E-state index contributed by atoms with van der Waals surface area (Å²) in [5.41, 5.74) is 3.99. The number of hydrogen-bond donors (Lipinski definition) is 1. The molecule has 2 heterocycles. The lowest BCUT2D eigenvalue weighted by Gasteiger charge is -2.38. The largest absolute Gasteiger partial charge is 0.497 e. The van der Waals surface area contributed by atoms with Crippen molar-refractivity contribution >= 4 is 38.3 Å². The van der Waals surface area contributed by atoms with Crippen molar-refractivity contribution in [2.45, 2.75) is 13.0 Å². The molecule has 180 valence electrons. The maximum Gasteiger partial charge on any atom is 0.310 e. The van der Waals surface area contributed by atoms with E-state index in [1.165, 1.54) is 23.0 Å². The van der Waals surface area contributed by atoms with Crippen LogP contribution in [0.25, 0.3) is 10.2 Å². The van der Waals surface area contributed by atoms with Gasteiger partial charge in [-0.1, -0.05) is 41.7 Å². The van der Waals surface area contributed by atoms with Crippen molar-refractivity contribution in [3.8, 4) is 5.75 Å². The van der Waals surface area contributed by atoms with Gasteiger partial charge >= 0.3 is 5.97 Å². The molecule has 0 amide bonds. The topological polar surface area (TPSA) is 65.9 Å². The Morgan fingerprint density at radius 3 is 2.49 bits per heavy atom. The lowest BCUT2D eigenvalue weighted by molar-refractivity contribution is -0.142. The Bertz CT molecular complexity index is 1320. The standard InChI is InChI=1S/C27H26FN3O3S/c1-34-22-11-7-18(8-12-22)13-14-30(27-29-24-4-2-3-23(28)25(24)35-27)15-19-5-9-21(10-6-19)31-16-20(17-31)26(32)33/h2-12,20H,13-17H2,1H3,(H,32,33). The number of aliphatic carboxylic acids is 1. The molecule has 0 bridgehead atoms. The van der Waals surface area contributed by atoms with Crippen LogP contribution in [0.3, 0.4) is 0 Å². The lowest BCUT2D eigenvalue weighted by Crippen LogP contribution is -2.50. The number of anilines is 2. The summed E-state index contributed by atoms with van der Waals surface area (Å²) in [6.45, 7) is 2.44. The van der Waals surface area contributed by atoms with Crippen LogP contribution >= 0.6 is 11.3 Å². The minimum atomic E-state index is -0.738. The molecule has 35 heavy (non-hydrogen) atoms. The molecule has 1 aliphatic heterocycles. The fourth-order valence-corrected chi connectivity index (χ4v) is 5.21. The second kappa shape index (κ2) is 9.92. The van der Waals surface area contributed by atoms with Crippen LogP contribution in [0.4, 0.5) is 15.2 Å². The van der Waals surface area contributed by atoms with Gasteiger partial charge in [-0.15, -0.1) is 0 Å². The molecule has 1 aromatic heterocycles. The van der Waals surface area contributed by atoms with Crippen molar-refractivity contribution in [3.63, 3.8) is 0 Å². The number of carbonyl (C=O) groups is 1. The molecule has 1 fully saturated rings. The van der Waals surface area contributed by atoms with E-state index in [0.717, 1.165) is 35.1 Å². The Labute approximate surface area is 207 Å². The van der Waals surface area contributed by atoms with E-state index in [1.54, 1.807) is 13.2 Å². The van der Waals surface area contributed by atoms with Crippen LogP contribution in [0.2, 0.25) is 0 Å². The molecule has 0 saturated carbocycles. The summed E-state index contributed by atoms with van der Waals surface area (Å²) in [6.07, 6.45) is 0.810. The van der Waals surface area contributed by atoms with Gasteiger partial charge in [-0.3, -0.25) is 4.79 Å². The third kappa shape index (κ3) is 5.07. The molecule has 8 heteroatoms. The van der Waals surface area contributed by atoms with Gasteiger partial charge in [-0.25, -0.2) is 9.37 Å². The fourth-order valence-electron chi connectivity index (χ4n) is 4.22. The molecule has 6 nitrogen and oxygen atoms in total. The zero-order valence-corrected chi connectivity index (χ0v) is 20.2. The highest BCUT2D eigenvalue weighted by Gasteiger charge is 2.32. The first kappa shape index (κ1) is 23.1. The molecular weight excluding hydrogens is 465 g/mol. The molecule has 0 aliphatic carbocycles. The van der Waals surface area contributed by atoms with Gasteiger partial charge in [0.1, 0.15) is 11.6 Å². The van der Waals surface area contributed by atoms with E-state index in [9.17, 15) is 9.18 Å². The highest BCUT2D eigenvalue weighted by Crippen LogP contribution is 2.32. The van der Waals surface area contributed by atoms with Crippen LogP contribution in [-0.2, 0) is 17.8 Å². The summed E-state index contributed by atoms with van der Waals surface area (Å²) in [4.78, 5) is 20.1. The third-order valence-corrected chi connectivity index (χ3v) is 7.50. The Hall–Kier alpha value is -3.65. The first-order valence-electron chi connectivity index (χ1n) is 11.5. The van der Waals surface area contributed by atoms with Crippen LogP contribution in [0.1, 0.15) is 11.1 Å². The van der Waals surface area contributed by atoms with Gasteiger partial charge in [0.15, 0.2) is 5.13 Å².